The van der Waals surface area contributed by atoms with Gasteiger partial charge in [0.25, 0.3) is 10.0 Å². The van der Waals surface area contributed by atoms with E-state index in [2.05, 4.69) is 20.6 Å². The average molecular weight is 560 g/mol. The number of aromatic nitrogens is 2. The average Bonchev–Trinajstić information content (AvgIpc) is 3.52. The minimum absolute atomic E-state index is 0.0289. The quantitative estimate of drug-likeness (QED) is 0.445. The van der Waals surface area contributed by atoms with Crippen LogP contribution in [0.5, 0.6) is 0 Å². The van der Waals surface area contributed by atoms with Crippen molar-refractivity contribution < 1.29 is 26.4 Å². The van der Waals surface area contributed by atoms with Gasteiger partial charge in [-0.2, -0.15) is 17.5 Å². The normalized spacial score (nSPS) is 16.8. The van der Waals surface area contributed by atoms with E-state index in [-0.39, 0.29) is 23.2 Å². The third-order valence-corrected chi connectivity index (χ3v) is 9.18. The second-order valence-electron chi connectivity index (χ2n) is 7.94. The van der Waals surface area contributed by atoms with Gasteiger partial charge in [0, 0.05) is 19.2 Å². The lowest BCUT2D eigenvalue weighted by molar-refractivity contribution is -0.137. The number of hydrogen-bond acceptors (Lipinski definition) is 7. The minimum Gasteiger partial charge on any atom is -0.357 e. The van der Waals surface area contributed by atoms with Crippen LogP contribution in [0.15, 0.2) is 46.7 Å². The number of anilines is 1. The van der Waals surface area contributed by atoms with E-state index in [9.17, 15) is 26.4 Å². The van der Waals surface area contributed by atoms with Crippen LogP contribution < -0.4 is 10.6 Å². The molecule has 0 radical (unpaired) electrons. The lowest BCUT2D eigenvalue weighted by atomic mass is 10.1. The number of thiophene rings is 1. The number of rotatable bonds is 7. The molecule has 0 aliphatic carbocycles. The van der Waals surface area contributed by atoms with Crippen LogP contribution in [0, 0.1) is 0 Å². The van der Waals surface area contributed by atoms with Crippen molar-refractivity contribution >= 4 is 44.8 Å². The molecule has 1 aliphatic heterocycles. The van der Waals surface area contributed by atoms with Gasteiger partial charge < -0.3 is 10.6 Å². The van der Waals surface area contributed by atoms with Crippen molar-refractivity contribution in [1.82, 2.24) is 19.6 Å². The van der Waals surface area contributed by atoms with Crippen LogP contribution in [-0.2, 0) is 27.5 Å². The van der Waals surface area contributed by atoms with Crippen LogP contribution >= 0.6 is 22.9 Å². The number of amides is 1. The summed E-state index contributed by atoms with van der Waals surface area (Å²) < 4.78 is 66.3. The van der Waals surface area contributed by atoms with Gasteiger partial charge in [0.2, 0.25) is 11.9 Å². The number of carbonyl (C=O) groups is 1. The van der Waals surface area contributed by atoms with E-state index in [1.165, 1.54) is 28.6 Å². The number of alkyl halides is 3. The number of sulfonamides is 1. The molecule has 0 spiro atoms. The maximum Gasteiger partial charge on any atom is 0.416 e. The molecule has 36 heavy (non-hydrogen) atoms. The zero-order valence-electron chi connectivity index (χ0n) is 18.8. The Labute approximate surface area is 214 Å². The molecule has 0 bridgehead atoms. The maximum atomic E-state index is 13.0. The molecule has 1 atom stereocenters. The summed E-state index contributed by atoms with van der Waals surface area (Å²) in [7, 11) is -2.28. The molecule has 1 aliphatic rings. The van der Waals surface area contributed by atoms with Crippen molar-refractivity contribution in [1.29, 1.82) is 0 Å². The molecule has 1 unspecified atom stereocenters. The number of carbonyl (C=O) groups excluding carboxylic acids is 1. The Hall–Kier alpha value is -2.74. The van der Waals surface area contributed by atoms with Gasteiger partial charge in [0.05, 0.1) is 27.8 Å². The smallest absolute Gasteiger partial charge is 0.357 e. The van der Waals surface area contributed by atoms with Crippen molar-refractivity contribution in [3.8, 4) is 11.3 Å². The molecule has 3 aromatic rings. The van der Waals surface area contributed by atoms with E-state index in [1.807, 2.05) is 0 Å². The second-order valence-corrected chi connectivity index (χ2v) is 11.8. The maximum absolute atomic E-state index is 13.0. The van der Waals surface area contributed by atoms with Gasteiger partial charge in [-0.15, -0.1) is 11.3 Å². The van der Waals surface area contributed by atoms with Crippen LogP contribution in [0.25, 0.3) is 11.3 Å². The minimum atomic E-state index is -4.45. The SMILES string of the molecule is CNc1nc(CNC(=O)C2CCCN2S(=O)(=O)c2ccc(Cl)s2)cc(-c2ccc(C(F)(F)F)cc2)n1. The Balaban J connectivity index is 1.50. The monoisotopic (exact) mass is 559 g/mol. The third-order valence-electron chi connectivity index (χ3n) is 5.57. The lowest BCUT2D eigenvalue weighted by Crippen LogP contribution is -2.45. The molecule has 2 aromatic heterocycles. The van der Waals surface area contributed by atoms with E-state index >= 15 is 0 Å². The summed E-state index contributed by atoms with van der Waals surface area (Å²) in [5, 5.41) is 5.52. The van der Waals surface area contributed by atoms with E-state index < -0.39 is 33.7 Å². The van der Waals surface area contributed by atoms with Gasteiger partial charge in [-0.05, 0) is 43.2 Å². The first kappa shape index (κ1) is 26.3. The van der Waals surface area contributed by atoms with E-state index in [0.717, 1.165) is 23.5 Å². The molecular formula is C22H21ClF3N5O3S2. The predicted octanol–water partition coefficient (Wildman–Crippen LogP) is 4.39. The molecule has 1 fully saturated rings. The van der Waals surface area contributed by atoms with Gasteiger partial charge in [0.1, 0.15) is 10.3 Å². The number of nitrogens with zero attached hydrogens (tertiary/aromatic N) is 3. The van der Waals surface area contributed by atoms with E-state index in [4.69, 9.17) is 11.6 Å². The summed E-state index contributed by atoms with van der Waals surface area (Å²) in [5.41, 5.74) is 0.432. The highest BCUT2D eigenvalue weighted by Gasteiger charge is 2.40. The second kappa shape index (κ2) is 10.3. The van der Waals surface area contributed by atoms with Crippen molar-refractivity contribution in [2.24, 2.45) is 0 Å². The highest BCUT2D eigenvalue weighted by Crippen LogP contribution is 2.33. The van der Waals surface area contributed by atoms with Crippen LogP contribution in [-0.4, -0.2) is 48.2 Å². The van der Waals surface area contributed by atoms with Crippen molar-refractivity contribution in [3.63, 3.8) is 0 Å². The zero-order valence-corrected chi connectivity index (χ0v) is 21.2. The molecule has 192 valence electrons. The Morgan fingerprint density at radius 1 is 1.19 bits per heavy atom. The summed E-state index contributed by atoms with van der Waals surface area (Å²) in [6.45, 7) is 0.185. The molecule has 3 heterocycles. The molecule has 8 nitrogen and oxygen atoms in total. The fourth-order valence-electron chi connectivity index (χ4n) is 3.81. The predicted molar refractivity (Wildman–Crippen MR) is 130 cm³/mol. The summed E-state index contributed by atoms with van der Waals surface area (Å²) in [4.78, 5) is 21.5. The van der Waals surface area contributed by atoms with Crippen LogP contribution in [0.4, 0.5) is 19.1 Å². The van der Waals surface area contributed by atoms with Gasteiger partial charge in [-0.25, -0.2) is 18.4 Å². The molecule has 1 saturated heterocycles. The zero-order chi connectivity index (χ0) is 26.1. The van der Waals surface area contributed by atoms with Crippen molar-refractivity contribution in [2.45, 2.75) is 35.8 Å². The van der Waals surface area contributed by atoms with E-state index in [0.29, 0.717) is 34.1 Å². The fraction of sp³-hybridized carbons (Fsp3) is 0.318. The van der Waals surface area contributed by atoms with E-state index in [1.54, 1.807) is 13.1 Å². The van der Waals surface area contributed by atoms with Crippen LogP contribution in [0.1, 0.15) is 24.1 Å². The fourth-order valence-corrected chi connectivity index (χ4v) is 7.08. The number of halogens is 4. The summed E-state index contributed by atoms with van der Waals surface area (Å²) in [6.07, 6.45) is -3.55. The topological polar surface area (TPSA) is 104 Å². The Bertz CT molecular complexity index is 1360. The molecule has 2 N–H and O–H groups in total. The first-order chi connectivity index (χ1) is 17.0. The Morgan fingerprint density at radius 2 is 1.92 bits per heavy atom. The van der Waals surface area contributed by atoms with Crippen molar-refractivity contribution in [3.05, 3.63) is 58.1 Å². The molecule has 14 heteroatoms. The first-order valence-corrected chi connectivity index (χ1v) is 13.4. The lowest BCUT2D eigenvalue weighted by Gasteiger charge is -2.22. The Morgan fingerprint density at radius 3 is 2.53 bits per heavy atom. The number of nitrogens with one attached hydrogen (secondary N) is 2. The van der Waals surface area contributed by atoms with Gasteiger partial charge in [0.15, 0.2) is 0 Å². The van der Waals surface area contributed by atoms with Crippen molar-refractivity contribution in [2.75, 3.05) is 18.9 Å². The standard InChI is InChI=1S/C22H21ClF3N5O3S2/c1-27-21-29-15(11-16(30-21)13-4-6-14(7-5-13)22(24,25)26)12-28-20(32)17-3-2-10-31(17)36(33,34)19-9-8-18(23)35-19/h4-9,11,17H,2-3,10,12H2,1H3,(H,28,32)(H,27,29,30). The molecule has 1 amide bonds. The molecule has 4 rings (SSSR count). The highest BCUT2D eigenvalue weighted by atomic mass is 35.5. The molecule has 1 aromatic carbocycles. The Kier molecular flexibility index (Phi) is 7.55. The highest BCUT2D eigenvalue weighted by molar-refractivity contribution is 7.91. The van der Waals surface area contributed by atoms with Crippen LogP contribution in [0.3, 0.4) is 0 Å². The summed E-state index contributed by atoms with van der Waals surface area (Å²) in [6, 6.07) is 8.14. The largest absolute Gasteiger partial charge is 0.416 e. The van der Waals surface area contributed by atoms with Crippen LogP contribution in [0.2, 0.25) is 4.34 Å². The number of benzene rings is 1. The molecule has 0 saturated carbocycles. The summed E-state index contributed by atoms with van der Waals surface area (Å²) in [5.74, 6) is -0.254. The van der Waals surface area contributed by atoms with Gasteiger partial charge in [-0.3, -0.25) is 4.79 Å². The van der Waals surface area contributed by atoms with Gasteiger partial charge >= 0.3 is 6.18 Å². The summed E-state index contributed by atoms with van der Waals surface area (Å²) >= 11 is 6.82. The third kappa shape index (κ3) is 5.64. The van der Waals surface area contributed by atoms with Gasteiger partial charge in [-0.1, -0.05) is 23.7 Å². The number of hydrogen-bond donors (Lipinski definition) is 2. The molecular weight excluding hydrogens is 539 g/mol. The first-order valence-electron chi connectivity index (χ1n) is 10.8.